The van der Waals surface area contributed by atoms with Crippen LogP contribution in [-0.2, 0) is 0 Å². The highest BCUT2D eigenvalue weighted by atomic mass is 32.1. The van der Waals surface area contributed by atoms with E-state index in [1.165, 1.54) is 114 Å². The highest BCUT2D eigenvalue weighted by molar-refractivity contribution is 7.34. The van der Waals surface area contributed by atoms with E-state index in [1.807, 2.05) is 22.7 Å². The molecular formula is C70H49B3N4O2S2. The first-order valence-electron chi connectivity index (χ1n) is 28.1. The van der Waals surface area contributed by atoms with Gasteiger partial charge in [0.25, 0.3) is 20.1 Å². The third kappa shape index (κ3) is 6.25. The molecule has 18 rings (SSSR count). The van der Waals surface area contributed by atoms with Crippen LogP contribution in [0.3, 0.4) is 0 Å². The van der Waals surface area contributed by atoms with Gasteiger partial charge in [-0.2, -0.15) is 0 Å². The van der Waals surface area contributed by atoms with Crippen LogP contribution in [0.25, 0.3) is 20.2 Å². The van der Waals surface area contributed by atoms with Crippen LogP contribution in [0.1, 0.15) is 33.4 Å². The SMILES string of the molecule is Cc1cc(C)c(N2c3cc4c(cc3B3c5sc6ccccc6c5N(c5ccccc5)c5cc(C)cc2c53)B2c3cc5c(cc3Oc3cc(C)cc(c32)O4)Nc2cc(C)cc3c2B5c2sc4ccccc4c2N3c2ccccc2)c(C)c1. The molecule has 0 saturated heterocycles. The number of para-hydroxylation sites is 2. The van der Waals surface area contributed by atoms with Crippen molar-refractivity contribution in [2.45, 2.75) is 41.5 Å². The average Bonchev–Trinajstić information content (AvgIpc) is 2.66. The number of nitrogens with zero attached hydrogens (tertiary/aromatic N) is 3. The number of anilines is 11. The Morgan fingerprint density at radius 3 is 1.44 bits per heavy atom. The van der Waals surface area contributed by atoms with Gasteiger partial charge in [0.05, 0.1) is 17.1 Å². The van der Waals surface area contributed by atoms with Crippen molar-refractivity contribution in [2.24, 2.45) is 0 Å². The summed E-state index contributed by atoms with van der Waals surface area (Å²) in [4.78, 5) is 7.67. The molecule has 0 spiro atoms. The summed E-state index contributed by atoms with van der Waals surface area (Å²) in [5.74, 6) is 3.44. The molecule has 8 heterocycles. The van der Waals surface area contributed by atoms with E-state index in [9.17, 15) is 0 Å². The van der Waals surface area contributed by atoms with Crippen molar-refractivity contribution in [3.05, 3.63) is 215 Å². The Morgan fingerprint density at radius 1 is 0.358 bits per heavy atom. The van der Waals surface area contributed by atoms with E-state index >= 15 is 0 Å². The van der Waals surface area contributed by atoms with E-state index in [0.29, 0.717) is 0 Å². The van der Waals surface area contributed by atoms with Crippen molar-refractivity contribution < 1.29 is 9.47 Å². The van der Waals surface area contributed by atoms with E-state index < -0.39 is 0 Å². The number of rotatable bonds is 3. The summed E-state index contributed by atoms with van der Waals surface area (Å²) in [5, 5.41) is 6.58. The molecule has 0 atom stereocenters. The van der Waals surface area contributed by atoms with E-state index in [1.54, 1.807) is 0 Å². The molecule has 10 aromatic carbocycles. The summed E-state index contributed by atoms with van der Waals surface area (Å²) < 4.78 is 19.9. The van der Waals surface area contributed by atoms with Gasteiger partial charge in [0.15, 0.2) is 0 Å². The maximum absolute atomic E-state index is 7.40. The highest BCUT2D eigenvalue weighted by Crippen LogP contribution is 2.51. The molecule has 0 radical (unpaired) electrons. The highest BCUT2D eigenvalue weighted by Gasteiger charge is 2.50. The maximum Gasteiger partial charge on any atom is 0.264 e. The largest absolute Gasteiger partial charge is 0.458 e. The second-order valence-electron chi connectivity index (χ2n) is 23.2. The standard InChI is InChI=1S/C70H49B3N4O2S2/c1-37-25-41(5)66(42(6)26-37)77-53-36-58-50(34-48(53)73-64-55(29-39(3)30-56(64)77)76(44-19-11-8-12-20-44)68-46-22-14-16-24-62(46)81-70(68)73)71-49-33-47-51(35-57(49)78-59-31-40(4)32-60(79-58)65(59)71)74-52-27-38(2)28-54-63(52)72(47)69-67(45-21-13-15-23-61(45)80-69)75(54)43-17-9-7-10-18-43/h7-36,74H,1-6H3. The lowest BCUT2D eigenvalue weighted by Crippen LogP contribution is -2.64. The summed E-state index contributed by atoms with van der Waals surface area (Å²) >= 11 is 3.87. The van der Waals surface area contributed by atoms with Crippen molar-refractivity contribution >= 4 is 173 Å². The number of thiophene rings is 2. The van der Waals surface area contributed by atoms with E-state index in [0.717, 1.165) is 73.4 Å². The van der Waals surface area contributed by atoms with Crippen LogP contribution in [0, 0.1) is 41.5 Å². The third-order valence-corrected chi connectivity index (χ3v) is 20.5. The number of benzene rings is 10. The molecule has 2 aromatic heterocycles. The van der Waals surface area contributed by atoms with Gasteiger partial charge in [-0.1, -0.05) is 103 Å². The lowest BCUT2D eigenvalue weighted by molar-refractivity contribution is 0.464. The van der Waals surface area contributed by atoms with Crippen molar-refractivity contribution in [3.63, 3.8) is 0 Å². The van der Waals surface area contributed by atoms with Crippen LogP contribution in [0.5, 0.6) is 23.0 Å². The van der Waals surface area contributed by atoms with Gasteiger partial charge in [0, 0.05) is 92.8 Å². The first-order valence-corrected chi connectivity index (χ1v) is 29.8. The predicted molar refractivity (Wildman–Crippen MR) is 346 cm³/mol. The van der Waals surface area contributed by atoms with E-state index in [4.69, 9.17) is 9.47 Å². The molecular weight excluding hydrogens is 1030 g/mol. The molecule has 0 fully saturated rings. The van der Waals surface area contributed by atoms with Gasteiger partial charge < -0.3 is 29.5 Å². The van der Waals surface area contributed by atoms with Gasteiger partial charge in [-0.25, -0.2) is 0 Å². The van der Waals surface area contributed by atoms with Gasteiger partial charge in [-0.05, 0) is 175 Å². The summed E-state index contributed by atoms with van der Waals surface area (Å²) in [6.07, 6.45) is 0. The van der Waals surface area contributed by atoms with Crippen LogP contribution in [0.4, 0.5) is 62.6 Å². The Kier molecular flexibility index (Phi) is 9.28. The van der Waals surface area contributed by atoms with Gasteiger partial charge in [0.1, 0.15) is 23.0 Å². The van der Waals surface area contributed by atoms with Crippen LogP contribution in [-0.4, -0.2) is 20.1 Å². The average molecular weight is 1070 g/mol. The number of ether oxygens (including phenoxy) is 2. The van der Waals surface area contributed by atoms with Crippen molar-refractivity contribution in [3.8, 4) is 23.0 Å². The fourth-order valence-corrected chi connectivity index (χ4v) is 17.7. The van der Waals surface area contributed by atoms with Gasteiger partial charge in [-0.15, -0.1) is 22.7 Å². The zero-order valence-electron chi connectivity index (χ0n) is 45.5. The zero-order valence-corrected chi connectivity index (χ0v) is 47.2. The summed E-state index contributed by atoms with van der Waals surface area (Å²) in [6, 6.07) is 68.4. The van der Waals surface area contributed by atoms with Crippen molar-refractivity contribution in [1.29, 1.82) is 0 Å². The number of hydrogen-bond acceptors (Lipinski definition) is 8. The topological polar surface area (TPSA) is 40.2 Å². The minimum atomic E-state index is -0.190. The quantitative estimate of drug-likeness (QED) is 0.178. The molecule has 1 N–H and O–H groups in total. The Bertz CT molecular complexity index is 4800. The maximum atomic E-state index is 7.40. The van der Waals surface area contributed by atoms with E-state index in [-0.39, 0.29) is 20.1 Å². The van der Waals surface area contributed by atoms with Crippen LogP contribution in [0.15, 0.2) is 182 Å². The monoisotopic (exact) mass is 1070 g/mol. The molecule has 11 heteroatoms. The normalized spacial score (nSPS) is 14.2. The lowest BCUT2D eigenvalue weighted by atomic mass is 9.31. The van der Waals surface area contributed by atoms with Crippen molar-refractivity contribution in [2.75, 3.05) is 20.0 Å². The molecule has 6 nitrogen and oxygen atoms in total. The number of fused-ring (bicyclic) bond motifs is 16. The molecule has 0 unspecified atom stereocenters. The fraction of sp³-hybridized carbons (Fsp3) is 0.0857. The number of aryl methyl sites for hydroxylation is 6. The summed E-state index contributed by atoms with van der Waals surface area (Å²) in [7, 11) is 0. The summed E-state index contributed by atoms with van der Waals surface area (Å²) in [6.45, 7) is 13.1. The molecule has 0 amide bonds. The Morgan fingerprint density at radius 2 is 0.840 bits per heavy atom. The Balaban J connectivity index is 0.909. The lowest BCUT2D eigenvalue weighted by Gasteiger charge is -2.45. The molecule has 0 saturated carbocycles. The fourth-order valence-electron chi connectivity index (χ4n) is 15.1. The Labute approximate surface area is 479 Å². The zero-order chi connectivity index (χ0) is 53.8. The molecule has 0 aliphatic carbocycles. The predicted octanol–water partition coefficient (Wildman–Crippen LogP) is 13.1. The second-order valence-corrected chi connectivity index (χ2v) is 25.4. The first kappa shape index (κ1) is 45.9. The van der Waals surface area contributed by atoms with Crippen LogP contribution >= 0.6 is 22.7 Å². The number of nitrogens with one attached hydrogen (secondary N) is 1. The van der Waals surface area contributed by atoms with Crippen LogP contribution < -0.4 is 77.3 Å². The molecule has 6 aliphatic rings. The van der Waals surface area contributed by atoms with Crippen molar-refractivity contribution in [1.82, 2.24) is 0 Å². The smallest absolute Gasteiger partial charge is 0.264 e. The van der Waals surface area contributed by atoms with Gasteiger partial charge >= 0.3 is 0 Å². The minimum Gasteiger partial charge on any atom is -0.458 e. The van der Waals surface area contributed by atoms with Gasteiger partial charge in [0.2, 0.25) is 0 Å². The molecule has 0 bridgehead atoms. The Hall–Kier alpha value is -8.89. The first-order chi connectivity index (χ1) is 39.6. The number of hydrogen-bond donors (Lipinski definition) is 1. The molecule has 382 valence electrons. The minimum absolute atomic E-state index is 0.0275. The second kappa shape index (κ2) is 16.4. The molecule has 6 aliphatic heterocycles. The molecule has 12 aromatic rings. The van der Waals surface area contributed by atoms with E-state index in [2.05, 4.69) is 244 Å². The summed E-state index contributed by atoms with van der Waals surface area (Å²) in [5.41, 5.74) is 28.8. The van der Waals surface area contributed by atoms with Crippen LogP contribution in [0.2, 0.25) is 0 Å². The molecule has 81 heavy (non-hydrogen) atoms. The third-order valence-electron chi connectivity index (χ3n) is 18.0. The van der Waals surface area contributed by atoms with Gasteiger partial charge in [-0.3, -0.25) is 0 Å².